The molecule has 0 aromatic carbocycles. The number of rotatable bonds is 10. The van der Waals surface area contributed by atoms with E-state index in [0.717, 1.165) is 0 Å². The lowest BCUT2D eigenvalue weighted by Gasteiger charge is -2.22. The summed E-state index contributed by atoms with van der Waals surface area (Å²) in [5, 5.41) is 27.5. The maximum absolute atomic E-state index is 11.2. The van der Waals surface area contributed by atoms with Gasteiger partial charge in [-0.3, -0.25) is 9.32 Å². The molecule has 5 atom stereocenters. The van der Waals surface area contributed by atoms with Crippen LogP contribution in [-0.2, 0) is 31.6 Å². The lowest BCUT2D eigenvalue weighted by molar-refractivity contribution is -0.138. The molecule has 18 heteroatoms. The third-order valence-electron chi connectivity index (χ3n) is 1.83. The number of phosphoric acid groups is 3. The summed E-state index contributed by atoms with van der Waals surface area (Å²) in [6, 6.07) is 0. The molecule has 1 amide bonds. The average molecular weight is 405 g/mol. The number of nitrogens with two attached hydrogens (primary N) is 1. The summed E-state index contributed by atoms with van der Waals surface area (Å²) in [4.78, 5) is 44.9. The van der Waals surface area contributed by atoms with Crippen LogP contribution in [0.3, 0.4) is 0 Å². The van der Waals surface area contributed by atoms with E-state index in [0.29, 0.717) is 0 Å². The molecule has 0 saturated heterocycles. The number of aliphatic hydroxyl groups excluding tert-OH is 3. The van der Waals surface area contributed by atoms with Gasteiger partial charge in [0.2, 0.25) is 5.91 Å². The number of phosphoric ester groups is 1. The van der Waals surface area contributed by atoms with Crippen molar-refractivity contribution in [3.05, 3.63) is 0 Å². The Kier molecular flexibility index (Phi) is 8.14. The first kappa shape index (κ1) is 22.8. The lowest BCUT2D eigenvalue weighted by atomic mass is 10.1. The van der Waals surface area contributed by atoms with E-state index in [2.05, 4.69) is 18.9 Å². The highest BCUT2D eigenvalue weighted by atomic mass is 31.3. The average Bonchev–Trinajstić information content (AvgIpc) is 2.29. The van der Waals surface area contributed by atoms with E-state index in [1.807, 2.05) is 0 Å². The fourth-order valence-corrected chi connectivity index (χ4v) is 3.99. The van der Waals surface area contributed by atoms with Crippen molar-refractivity contribution in [2.45, 2.75) is 18.3 Å². The summed E-state index contributed by atoms with van der Waals surface area (Å²) in [5.74, 6) is -1.44. The normalized spacial score (nSPS) is 21.7. The molecule has 9 N–H and O–H groups in total. The zero-order chi connectivity index (χ0) is 18.6. The summed E-state index contributed by atoms with van der Waals surface area (Å²) in [5.41, 5.74) is 4.61. The molecule has 0 aromatic heterocycles. The van der Waals surface area contributed by atoms with Gasteiger partial charge in [0.05, 0.1) is 6.61 Å². The fraction of sp³-hybridized carbons (Fsp3) is 0.800. The summed E-state index contributed by atoms with van der Waals surface area (Å²) in [7, 11) is -16.8. The quantitative estimate of drug-likeness (QED) is 0.167. The minimum atomic E-state index is -5.72. The van der Waals surface area contributed by atoms with Crippen molar-refractivity contribution in [2.75, 3.05) is 6.61 Å². The van der Waals surface area contributed by atoms with Gasteiger partial charge >= 0.3 is 23.5 Å². The Morgan fingerprint density at radius 1 is 0.957 bits per heavy atom. The SMILES string of the molecule is NC(=O)[C@H](O)[C@H](O)[C@H](O)COP(=O)(O)OP(=O)(O)OP(=O)(O)O. The van der Waals surface area contributed by atoms with Gasteiger partial charge in [0.25, 0.3) is 0 Å². The first-order valence-corrected chi connectivity index (χ1v) is 9.70. The third-order valence-corrected chi connectivity index (χ3v) is 5.64. The lowest BCUT2D eigenvalue weighted by Crippen LogP contribution is -2.46. The number of carbonyl (C=O) groups excluding carboxylic acids is 1. The van der Waals surface area contributed by atoms with Gasteiger partial charge in [-0.05, 0) is 0 Å². The van der Waals surface area contributed by atoms with Gasteiger partial charge < -0.3 is 40.6 Å². The van der Waals surface area contributed by atoms with E-state index >= 15 is 0 Å². The van der Waals surface area contributed by atoms with Crippen molar-refractivity contribution in [1.29, 1.82) is 0 Å². The smallest absolute Gasteiger partial charge is 0.388 e. The summed E-state index contributed by atoms with van der Waals surface area (Å²) in [6.45, 7) is -1.31. The van der Waals surface area contributed by atoms with Crippen LogP contribution < -0.4 is 5.73 Å². The van der Waals surface area contributed by atoms with Gasteiger partial charge in [0, 0.05) is 0 Å². The zero-order valence-electron chi connectivity index (χ0n) is 10.8. The molecule has 0 bridgehead atoms. The summed E-state index contributed by atoms with van der Waals surface area (Å²) >= 11 is 0. The van der Waals surface area contributed by atoms with Crippen molar-refractivity contribution >= 4 is 29.4 Å². The van der Waals surface area contributed by atoms with Crippen molar-refractivity contribution in [1.82, 2.24) is 0 Å². The monoisotopic (exact) mass is 405 g/mol. The van der Waals surface area contributed by atoms with Gasteiger partial charge in [-0.2, -0.15) is 8.62 Å². The van der Waals surface area contributed by atoms with Crippen LogP contribution in [-0.4, -0.2) is 65.7 Å². The van der Waals surface area contributed by atoms with Gasteiger partial charge in [-0.25, -0.2) is 13.7 Å². The molecule has 138 valence electrons. The Hall–Kier alpha value is -0.240. The largest absolute Gasteiger partial charge is 0.490 e. The van der Waals surface area contributed by atoms with Gasteiger partial charge in [0.15, 0.2) is 6.10 Å². The van der Waals surface area contributed by atoms with Crippen LogP contribution in [0.25, 0.3) is 0 Å². The molecule has 15 nitrogen and oxygen atoms in total. The minimum Gasteiger partial charge on any atom is -0.388 e. The number of aliphatic hydroxyl groups is 3. The number of hydrogen-bond acceptors (Lipinski definition) is 10. The van der Waals surface area contributed by atoms with Gasteiger partial charge in [-0.1, -0.05) is 0 Å². The highest BCUT2D eigenvalue weighted by Crippen LogP contribution is 2.66. The van der Waals surface area contributed by atoms with Crippen LogP contribution in [0, 0.1) is 0 Å². The molecule has 23 heavy (non-hydrogen) atoms. The predicted octanol–water partition coefficient (Wildman–Crippen LogP) is -3.10. The Bertz CT molecular complexity index is 557. The van der Waals surface area contributed by atoms with Crippen molar-refractivity contribution in [3.63, 3.8) is 0 Å². The zero-order valence-corrected chi connectivity index (χ0v) is 13.5. The third kappa shape index (κ3) is 9.59. The highest BCUT2D eigenvalue weighted by Gasteiger charge is 2.41. The van der Waals surface area contributed by atoms with Crippen molar-refractivity contribution in [2.24, 2.45) is 5.73 Å². The van der Waals surface area contributed by atoms with Crippen LogP contribution in [0.1, 0.15) is 0 Å². The van der Waals surface area contributed by atoms with Crippen LogP contribution >= 0.6 is 23.5 Å². The molecule has 0 spiro atoms. The highest BCUT2D eigenvalue weighted by molar-refractivity contribution is 7.66. The van der Waals surface area contributed by atoms with Crippen molar-refractivity contribution < 1.29 is 66.5 Å². The van der Waals surface area contributed by atoms with Gasteiger partial charge in [-0.15, -0.1) is 0 Å². The van der Waals surface area contributed by atoms with Crippen molar-refractivity contribution in [3.8, 4) is 0 Å². The molecule has 0 rings (SSSR count). The van der Waals surface area contributed by atoms with Gasteiger partial charge in [0.1, 0.15) is 12.2 Å². The Labute approximate surface area is 127 Å². The number of amides is 1. The number of primary amides is 1. The van der Waals surface area contributed by atoms with E-state index in [-0.39, 0.29) is 0 Å². The second kappa shape index (κ2) is 8.23. The Morgan fingerprint density at radius 3 is 1.83 bits per heavy atom. The molecular formula is C5H14NO14P3. The molecule has 0 aromatic rings. The molecular weight excluding hydrogens is 391 g/mol. The van der Waals surface area contributed by atoms with E-state index in [1.165, 1.54) is 0 Å². The second-order valence-electron chi connectivity index (χ2n) is 3.79. The molecule has 0 fully saturated rings. The molecule has 0 radical (unpaired) electrons. The molecule has 0 aliphatic rings. The van der Waals surface area contributed by atoms with E-state index in [1.54, 1.807) is 0 Å². The topological polar surface area (TPSA) is 264 Å². The molecule has 0 aliphatic heterocycles. The van der Waals surface area contributed by atoms with Crippen LogP contribution in [0.2, 0.25) is 0 Å². The fourth-order valence-electron chi connectivity index (χ4n) is 0.951. The molecule has 0 saturated carbocycles. The molecule has 2 unspecified atom stereocenters. The molecule has 0 aliphatic carbocycles. The maximum atomic E-state index is 11.2. The minimum absolute atomic E-state index is 1.31. The summed E-state index contributed by atoms with van der Waals surface area (Å²) < 4.78 is 43.2. The maximum Gasteiger partial charge on any atom is 0.490 e. The second-order valence-corrected chi connectivity index (χ2v) is 8.21. The van der Waals surface area contributed by atoms with Crippen LogP contribution in [0.4, 0.5) is 0 Å². The van der Waals surface area contributed by atoms with E-state index in [4.69, 9.17) is 24.7 Å². The van der Waals surface area contributed by atoms with Crippen LogP contribution in [0.15, 0.2) is 0 Å². The first-order valence-electron chi connectivity index (χ1n) is 5.18. The number of hydrogen-bond donors (Lipinski definition) is 8. The standard InChI is InChI=1S/C5H14NO14P3/c6-5(10)4(9)3(8)2(7)1-18-22(14,15)20-23(16,17)19-21(11,12)13/h2-4,7-9H,1H2,(H2,6,10)(H,14,15)(H,16,17)(H2,11,12,13)/t2-,3-,4-/m1/s1. The predicted molar refractivity (Wildman–Crippen MR) is 67.0 cm³/mol. The summed E-state index contributed by atoms with van der Waals surface area (Å²) in [6.07, 6.45) is -6.66. The number of carbonyl (C=O) groups is 1. The molecule has 0 heterocycles. The Balaban J connectivity index is 4.71. The van der Waals surface area contributed by atoms with E-state index in [9.17, 15) is 28.7 Å². The van der Waals surface area contributed by atoms with E-state index < -0.39 is 54.3 Å². The Morgan fingerprint density at radius 2 is 1.43 bits per heavy atom. The van der Waals surface area contributed by atoms with Crippen LogP contribution in [0.5, 0.6) is 0 Å². The first-order chi connectivity index (χ1) is 10.1.